The second-order valence-electron chi connectivity index (χ2n) is 6.83. The van der Waals surface area contributed by atoms with Crippen molar-refractivity contribution < 1.29 is 13.9 Å². The van der Waals surface area contributed by atoms with E-state index in [1.807, 2.05) is 19.2 Å². The summed E-state index contributed by atoms with van der Waals surface area (Å²) in [6.07, 6.45) is 5.08. The summed E-state index contributed by atoms with van der Waals surface area (Å²) < 4.78 is 16.6. The second-order valence-corrected chi connectivity index (χ2v) is 6.83. The first-order chi connectivity index (χ1) is 12.7. The maximum absolute atomic E-state index is 5.94. The van der Waals surface area contributed by atoms with E-state index in [1.165, 1.54) is 0 Å². The van der Waals surface area contributed by atoms with Crippen LogP contribution in [-0.4, -0.2) is 83.0 Å². The predicted octanol–water partition coefficient (Wildman–Crippen LogP) is 1.98. The number of hydrogen-bond acceptors (Lipinski definition) is 5. The third kappa shape index (κ3) is 6.30. The lowest BCUT2D eigenvalue weighted by atomic mass is 10.1. The van der Waals surface area contributed by atoms with Gasteiger partial charge >= 0.3 is 0 Å². The summed E-state index contributed by atoms with van der Waals surface area (Å²) in [5.74, 6) is 1.90. The highest BCUT2D eigenvalue weighted by Crippen LogP contribution is 2.18. The van der Waals surface area contributed by atoms with Crippen LogP contribution in [0.25, 0.3) is 0 Å². The van der Waals surface area contributed by atoms with Gasteiger partial charge in [0, 0.05) is 47.0 Å². The number of likely N-dealkylation sites (N-methyl/N-ethyl adjacent to an activating group) is 1. The lowest BCUT2D eigenvalue weighted by molar-refractivity contribution is 0.00986. The summed E-state index contributed by atoms with van der Waals surface area (Å²) in [6, 6.07) is 4.11. The van der Waals surface area contributed by atoms with Gasteiger partial charge in [-0.15, -0.1) is 0 Å². The topological polar surface area (TPSA) is 62.5 Å². The van der Waals surface area contributed by atoms with Crippen LogP contribution in [0.3, 0.4) is 0 Å². The Labute approximate surface area is 157 Å². The van der Waals surface area contributed by atoms with Crippen LogP contribution in [0.5, 0.6) is 0 Å². The quantitative estimate of drug-likeness (QED) is 0.410. The van der Waals surface area contributed by atoms with Gasteiger partial charge in [0.05, 0.1) is 18.4 Å². The van der Waals surface area contributed by atoms with Gasteiger partial charge in [0.1, 0.15) is 5.76 Å². The lowest BCUT2D eigenvalue weighted by Gasteiger charge is -2.35. The fraction of sp³-hybridized carbons (Fsp3) is 0.737. The molecule has 1 aliphatic rings. The molecule has 0 aromatic carbocycles. The standard InChI is InChI=1S/C19H34N4O3/c1-20-19(21-15-17(22(2)3)18-7-5-13-26-18)23-10-8-16(9-11-23)25-14-6-12-24-4/h5,7,13,16-17H,6,8-12,14-15H2,1-4H3,(H,20,21). The van der Waals surface area contributed by atoms with Crippen LogP contribution in [0.4, 0.5) is 0 Å². The molecule has 1 fully saturated rings. The number of aliphatic imine (C=N–C) groups is 1. The Balaban J connectivity index is 1.77. The molecule has 1 N–H and O–H groups in total. The van der Waals surface area contributed by atoms with Gasteiger partial charge < -0.3 is 24.1 Å². The van der Waals surface area contributed by atoms with Gasteiger partial charge in [0.2, 0.25) is 0 Å². The lowest BCUT2D eigenvalue weighted by Crippen LogP contribution is -2.48. The summed E-state index contributed by atoms with van der Waals surface area (Å²) >= 11 is 0. The molecule has 0 radical (unpaired) electrons. The Morgan fingerprint density at radius 3 is 2.73 bits per heavy atom. The molecule has 2 rings (SSSR count). The zero-order valence-corrected chi connectivity index (χ0v) is 16.6. The Morgan fingerprint density at radius 2 is 2.15 bits per heavy atom. The highest BCUT2D eigenvalue weighted by atomic mass is 16.5. The van der Waals surface area contributed by atoms with E-state index in [0.717, 1.165) is 63.8 Å². The van der Waals surface area contributed by atoms with Gasteiger partial charge in [-0.3, -0.25) is 9.89 Å². The number of piperidine rings is 1. The van der Waals surface area contributed by atoms with Crippen LogP contribution in [-0.2, 0) is 9.47 Å². The molecule has 148 valence electrons. The number of ether oxygens (including phenoxy) is 2. The van der Waals surface area contributed by atoms with Crippen LogP contribution >= 0.6 is 0 Å². The molecule has 7 heteroatoms. The Morgan fingerprint density at radius 1 is 1.38 bits per heavy atom. The molecule has 1 atom stereocenters. The van der Waals surface area contributed by atoms with Crippen molar-refractivity contribution >= 4 is 5.96 Å². The van der Waals surface area contributed by atoms with Crippen molar-refractivity contribution in [2.75, 3.05) is 61.1 Å². The van der Waals surface area contributed by atoms with Crippen molar-refractivity contribution in [1.82, 2.24) is 15.1 Å². The zero-order chi connectivity index (χ0) is 18.8. The van der Waals surface area contributed by atoms with E-state index in [4.69, 9.17) is 13.9 Å². The number of rotatable bonds is 9. The third-order valence-electron chi connectivity index (χ3n) is 4.75. The van der Waals surface area contributed by atoms with E-state index in [2.05, 4.69) is 34.2 Å². The Bertz CT molecular complexity index is 511. The average Bonchev–Trinajstić information content (AvgIpc) is 3.17. The SMILES string of the molecule is CN=C(NCC(c1ccco1)N(C)C)N1CCC(OCCCOC)CC1. The molecular weight excluding hydrogens is 332 g/mol. The molecule has 0 bridgehead atoms. The van der Waals surface area contributed by atoms with E-state index in [9.17, 15) is 0 Å². The maximum atomic E-state index is 5.94. The van der Waals surface area contributed by atoms with E-state index >= 15 is 0 Å². The van der Waals surface area contributed by atoms with Crippen LogP contribution in [0.1, 0.15) is 31.1 Å². The fourth-order valence-corrected chi connectivity index (χ4v) is 3.23. The van der Waals surface area contributed by atoms with Crippen molar-refractivity contribution in [3.63, 3.8) is 0 Å². The zero-order valence-electron chi connectivity index (χ0n) is 16.6. The highest BCUT2D eigenvalue weighted by molar-refractivity contribution is 5.80. The summed E-state index contributed by atoms with van der Waals surface area (Å²) in [5.41, 5.74) is 0. The van der Waals surface area contributed by atoms with Crippen molar-refractivity contribution in [2.45, 2.75) is 31.4 Å². The minimum absolute atomic E-state index is 0.170. The molecule has 0 saturated carbocycles. The number of hydrogen-bond donors (Lipinski definition) is 1. The van der Waals surface area contributed by atoms with Gasteiger partial charge in [-0.2, -0.15) is 0 Å². The highest BCUT2D eigenvalue weighted by Gasteiger charge is 2.23. The average molecular weight is 367 g/mol. The number of nitrogens with zero attached hydrogens (tertiary/aromatic N) is 3. The first-order valence-corrected chi connectivity index (χ1v) is 9.41. The second kappa shape index (κ2) is 11.2. The van der Waals surface area contributed by atoms with Crippen molar-refractivity contribution in [2.24, 2.45) is 4.99 Å². The van der Waals surface area contributed by atoms with Gasteiger partial charge in [-0.25, -0.2) is 0 Å². The first kappa shape index (κ1) is 20.7. The molecule has 1 aromatic rings. The molecule has 1 aromatic heterocycles. The molecule has 1 unspecified atom stereocenters. The number of furan rings is 1. The van der Waals surface area contributed by atoms with Crippen molar-refractivity contribution in [3.05, 3.63) is 24.2 Å². The molecule has 0 amide bonds. The third-order valence-corrected chi connectivity index (χ3v) is 4.75. The molecule has 2 heterocycles. The number of likely N-dealkylation sites (tertiary alicyclic amines) is 1. The van der Waals surface area contributed by atoms with Crippen LogP contribution < -0.4 is 5.32 Å². The summed E-state index contributed by atoms with van der Waals surface area (Å²) in [5, 5.41) is 3.50. The molecule has 1 aliphatic heterocycles. The van der Waals surface area contributed by atoms with Gasteiger partial charge in [-0.05, 0) is 45.5 Å². The van der Waals surface area contributed by atoms with E-state index in [1.54, 1.807) is 13.4 Å². The van der Waals surface area contributed by atoms with Gasteiger partial charge in [0.25, 0.3) is 0 Å². The van der Waals surface area contributed by atoms with Crippen LogP contribution in [0.2, 0.25) is 0 Å². The monoisotopic (exact) mass is 366 g/mol. The minimum atomic E-state index is 0.170. The molecule has 26 heavy (non-hydrogen) atoms. The van der Waals surface area contributed by atoms with Crippen LogP contribution in [0.15, 0.2) is 27.8 Å². The van der Waals surface area contributed by atoms with Gasteiger partial charge in [-0.1, -0.05) is 0 Å². The summed E-state index contributed by atoms with van der Waals surface area (Å²) in [4.78, 5) is 8.92. The minimum Gasteiger partial charge on any atom is -0.468 e. The van der Waals surface area contributed by atoms with Crippen LogP contribution in [0, 0.1) is 0 Å². The van der Waals surface area contributed by atoms with E-state index < -0.39 is 0 Å². The summed E-state index contributed by atoms with van der Waals surface area (Å²) in [6.45, 7) is 4.21. The number of nitrogens with one attached hydrogen (secondary N) is 1. The Hall–Kier alpha value is -1.57. The Kier molecular flexibility index (Phi) is 8.94. The smallest absolute Gasteiger partial charge is 0.193 e. The molecule has 0 spiro atoms. The number of methoxy groups -OCH3 is 1. The molecule has 7 nitrogen and oxygen atoms in total. The molecule has 1 saturated heterocycles. The molecular formula is C19H34N4O3. The largest absolute Gasteiger partial charge is 0.468 e. The molecule has 0 aliphatic carbocycles. The normalized spacial score (nSPS) is 17.7. The maximum Gasteiger partial charge on any atom is 0.193 e. The van der Waals surface area contributed by atoms with Crippen molar-refractivity contribution in [1.29, 1.82) is 0 Å². The number of guanidine groups is 1. The predicted molar refractivity (Wildman–Crippen MR) is 104 cm³/mol. The summed E-state index contributed by atoms with van der Waals surface area (Å²) in [7, 11) is 7.69. The van der Waals surface area contributed by atoms with E-state index in [0.29, 0.717) is 6.10 Å². The van der Waals surface area contributed by atoms with E-state index in [-0.39, 0.29) is 6.04 Å². The van der Waals surface area contributed by atoms with Crippen molar-refractivity contribution in [3.8, 4) is 0 Å². The fourth-order valence-electron chi connectivity index (χ4n) is 3.23. The first-order valence-electron chi connectivity index (χ1n) is 9.41. The van der Waals surface area contributed by atoms with Gasteiger partial charge in [0.15, 0.2) is 5.96 Å².